The Morgan fingerprint density at radius 3 is 2.29 bits per heavy atom. The monoisotopic (exact) mass is 275 g/mol. The summed E-state index contributed by atoms with van der Waals surface area (Å²) in [6.45, 7) is 0.256. The number of thiol groups is 1. The molecular formula is C11H18NO3PS. The number of aliphatic hydroxyl groups excluding tert-OH is 1. The maximum absolute atomic E-state index is 11.6. The third-order valence-electron chi connectivity index (χ3n) is 2.60. The lowest BCUT2D eigenvalue weighted by Gasteiger charge is -2.23. The van der Waals surface area contributed by atoms with Crippen LogP contribution in [0.4, 0.5) is 0 Å². The van der Waals surface area contributed by atoms with Gasteiger partial charge in [-0.05, 0) is 17.0 Å². The van der Waals surface area contributed by atoms with Crippen LogP contribution in [0.3, 0.4) is 0 Å². The van der Waals surface area contributed by atoms with E-state index in [1.54, 1.807) is 18.2 Å². The van der Waals surface area contributed by atoms with Crippen molar-refractivity contribution in [2.45, 2.75) is 31.7 Å². The van der Waals surface area contributed by atoms with Crippen LogP contribution in [-0.2, 0) is 4.57 Å². The Morgan fingerprint density at radius 1 is 1.35 bits per heavy atom. The predicted molar refractivity (Wildman–Crippen MR) is 72.3 cm³/mol. The van der Waals surface area contributed by atoms with E-state index in [2.05, 4.69) is 12.2 Å². The molecule has 1 rings (SSSR count). The lowest BCUT2D eigenvalue weighted by Crippen LogP contribution is -2.27. The van der Waals surface area contributed by atoms with E-state index in [0.717, 1.165) is 5.56 Å². The van der Waals surface area contributed by atoms with E-state index in [0.29, 0.717) is 11.5 Å². The van der Waals surface area contributed by atoms with Crippen molar-refractivity contribution in [3.05, 3.63) is 35.4 Å². The van der Waals surface area contributed by atoms with Crippen LogP contribution in [0, 0.1) is 0 Å². The molecule has 3 atom stereocenters. The average Bonchev–Trinajstić information content (AvgIpc) is 2.15. The fourth-order valence-corrected chi connectivity index (χ4v) is 3.45. The normalized spacial score (nSPS) is 18.8. The van der Waals surface area contributed by atoms with Gasteiger partial charge in [-0.25, -0.2) is 0 Å². The minimum Gasteiger partial charge on any atom is -0.378 e. The second kappa shape index (κ2) is 5.55. The van der Waals surface area contributed by atoms with Crippen molar-refractivity contribution in [2.75, 3.05) is 0 Å². The molecular weight excluding hydrogens is 257 g/mol. The van der Waals surface area contributed by atoms with E-state index in [1.807, 2.05) is 19.9 Å². The quantitative estimate of drug-likeness (QED) is 0.386. The molecule has 0 aliphatic heterocycles. The summed E-state index contributed by atoms with van der Waals surface area (Å²) in [7, 11) is 0. The molecule has 0 aliphatic carbocycles. The summed E-state index contributed by atoms with van der Waals surface area (Å²) in [5.74, 6) is 0.295. The molecule has 0 aliphatic rings. The number of hydrogen-bond acceptors (Lipinski definition) is 3. The minimum absolute atomic E-state index is 0.295. The average molecular weight is 275 g/mol. The van der Waals surface area contributed by atoms with Gasteiger partial charge in [0, 0.05) is 0 Å². The van der Waals surface area contributed by atoms with E-state index in [1.165, 1.54) is 0 Å². The molecule has 1 aromatic rings. The molecule has 0 spiro atoms. The van der Waals surface area contributed by atoms with Crippen molar-refractivity contribution in [1.82, 2.24) is 0 Å². The maximum atomic E-state index is 11.6. The van der Waals surface area contributed by atoms with E-state index in [9.17, 15) is 14.6 Å². The fraction of sp³-hybridized carbons (Fsp3) is 0.455. The summed E-state index contributed by atoms with van der Waals surface area (Å²) in [5, 5.41) is 9.43. The van der Waals surface area contributed by atoms with Crippen LogP contribution in [0.25, 0.3) is 0 Å². The molecule has 4 N–H and O–H groups in total. The second-order valence-electron chi connectivity index (χ2n) is 4.35. The van der Waals surface area contributed by atoms with Gasteiger partial charge in [0.25, 0.3) is 6.57 Å². The topological polar surface area (TPSA) is 83.5 Å². The molecule has 0 radical (unpaired) electrons. The van der Waals surface area contributed by atoms with Gasteiger partial charge >= 0.3 is 0 Å². The lowest BCUT2D eigenvalue weighted by atomic mass is 9.99. The van der Waals surface area contributed by atoms with Gasteiger partial charge in [-0.3, -0.25) is 4.57 Å². The Kier molecular flexibility index (Phi) is 4.81. The molecule has 1 aromatic carbocycles. The molecule has 0 heterocycles. The van der Waals surface area contributed by atoms with Crippen LogP contribution in [0.5, 0.6) is 0 Å². The van der Waals surface area contributed by atoms with Gasteiger partial charge < -0.3 is 15.7 Å². The van der Waals surface area contributed by atoms with Crippen molar-refractivity contribution < 1.29 is 14.6 Å². The summed E-state index contributed by atoms with van der Waals surface area (Å²) in [4.78, 5) is 9.51. The molecule has 0 saturated carbocycles. The molecule has 17 heavy (non-hydrogen) atoms. The number of aliphatic hydroxyl groups is 1. The highest BCUT2D eigenvalue weighted by atomic mass is 32.7. The number of nitrogens with two attached hydrogens (primary N) is 1. The summed E-state index contributed by atoms with van der Waals surface area (Å²) in [6.07, 6.45) is -1.41. The largest absolute Gasteiger partial charge is 0.378 e. The first-order valence-electron chi connectivity index (χ1n) is 5.32. The van der Waals surface area contributed by atoms with Crippen LogP contribution in [0.2, 0.25) is 0 Å². The first-order valence-corrected chi connectivity index (χ1v) is 8.20. The standard InChI is InChI=1S/C11H18NO3PS/c1-7(2)8-4-3-5-9(6-8)10(11(12)13)16(14,15)17/h3-7,10-11,13H,12H2,1-2H3,(H2,14,15,17). The van der Waals surface area contributed by atoms with Gasteiger partial charge in [0.05, 0.1) is 0 Å². The third-order valence-corrected chi connectivity index (χ3v) is 4.68. The number of hydrogen-bond donors (Lipinski definition) is 4. The van der Waals surface area contributed by atoms with Gasteiger partial charge in [0.1, 0.15) is 11.9 Å². The molecule has 96 valence electrons. The molecule has 0 saturated heterocycles. The van der Waals surface area contributed by atoms with Gasteiger partial charge in [0.2, 0.25) is 0 Å². The van der Waals surface area contributed by atoms with Crippen molar-refractivity contribution >= 4 is 18.8 Å². The minimum atomic E-state index is -3.78. The van der Waals surface area contributed by atoms with Crippen LogP contribution in [-0.4, -0.2) is 16.2 Å². The molecule has 3 unspecified atom stereocenters. The zero-order valence-electron chi connectivity index (χ0n) is 9.82. The zero-order valence-corrected chi connectivity index (χ0v) is 11.6. The van der Waals surface area contributed by atoms with Gasteiger partial charge in [0.15, 0.2) is 0 Å². The number of benzene rings is 1. The van der Waals surface area contributed by atoms with Crippen LogP contribution >= 0.6 is 18.8 Å². The highest BCUT2D eigenvalue weighted by molar-refractivity contribution is 8.46. The first-order chi connectivity index (χ1) is 7.73. The SMILES string of the molecule is CC(C)c1cccc(C(C(N)O)P(=O)(O)S)c1. The van der Waals surface area contributed by atoms with Crippen molar-refractivity contribution in [1.29, 1.82) is 0 Å². The highest BCUT2D eigenvalue weighted by Gasteiger charge is 2.33. The predicted octanol–water partition coefficient (Wildman–Crippen LogP) is 2.24. The van der Waals surface area contributed by atoms with Crippen molar-refractivity contribution in [2.24, 2.45) is 5.73 Å². The summed E-state index contributed by atoms with van der Waals surface area (Å²) in [5.41, 5.74) is 5.85. The Morgan fingerprint density at radius 2 is 1.88 bits per heavy atom. The van der Waals surface area contributed by atoms with E-state index < -0.39 is 18.5 Å². The summed E-state index contributed by atoms with van der Waals surface area (Å²) < 4.78 is 11.6. The van der Waals surface area contributed by atoms with Crippen LogP contribution < -0.4 is 5.73 Å². The van der Waals surface area contributed by atoms with Gasteiger partial charge in [-0.2, -0.15) is 0 Å². The maximum Gasteiger partial charge on any atom is 0.263 e. The highest BCUT2D eigenvalue weighted by Crippen LogP contribution is 2.60. The Hall–Kier alpha value is -0.320. The molecule has 0 fully saturated rings. The molecule has 0 amide bonds. The molecule has 0 bridgehead atoms. The van der Waals surface area contributed by atoms with Crippen LogP contribution in [0.1, 0.15) is 36.6 Å². The van der Waals surface area contributed by atoms with Crippen molar-refractivity contribution in [3.8, 4) is 0 Å². The Labute approximate surface area is 106 Å². The summed E-state index contributed by atoms with van der Waals surface area (Å²) >= 11 is 3.66. The molecule has 4 nitrogen and oxygen atoms in total. The Bertz CT molecular complexity index is 430. The first kappa shape index (κ1) is 14.7. The van der Waals surface area contributed by atoms with E-state index in [4.69, 9.17) is 5.73 Å². The third kappa shape index (κ3) is 3.83. The zero-order chi connectivity index (χ0) is 13.2. The van der Waals surface area contributed by atoms with Gasteiger partial charge in [-0.1, -0.05) is 50.4 Å². The molecule has 0 aromatic heterocycles. The van der Waals surface area contributed by atoms with Gasteiger partial charge in [-0.15, -0.1) is 0 Å². The Balaban J connectivity index is 3.20. The molecule has 6 heteroatoms. The number of rotatable bonds is 4. The summed E-state index contributed by atoms with van der Waals surface area (Å²) in [6, 6.07) is 7.16. The van der Waals surface area contributed by atoms with E-state index in [-0.39, 0.29) is 0 Å². The smallest absolute Gasteiger partial charge is 0.263 e. The second-order valence-corrected chi connectivity index (χ2v) is 7.80. The fourth-order valence-electron chi connectivity index (χ4n) is 1.69. The van der Waals surface area contributed by atoms with E-state index >= 15 is 0 Å². The van der Waals surface area contributed by atoms with Crippen LogP contribution in [0.15, 0.2) is 24.3 Å². The van der Waals surface area contributed by atoms with Crippen molar-refractivity contribution in [3.63, 3.8) is 0 Å². The lowest BCUT2D eigenvalue weighted by molar-refractivity contribution is 0.172.